The van der Waals surface area contributed by atoms with Gasteiger partial charge in [-0.3, -0.25) is 4.90 Å². The van der Waals surface area contributed by atoms with E-state index in [2.05, 4.69) is 4.98 Å². The van der Waals surface area contributed by atoms with Gasteiger partial charge in [0.15, 0.2) is 0 Å². The van der Waals surface area contributed by atoms with Crippen molar-refractivity contribution >= 4 is 12.1 Å². The number of amides is 1. The minimum atomic E-state index is -5.09. The number of carbonyl (C=O) groups excluding carboxylic acids is 1. The van der Waals surface area contributed by atoms with Crippen LogP contribution in [0.5, 0.6) is 5.88 Å². The van der Waals surface area contributed by atoms with E-state index in [1.165, 1.54) is 31.5 Å². The smallest absolute Gasteiger partial charge is 0.416 e. The van der Waals surface area contributed by atoms with Crippen LogP contribution in [0.15, 0.2) is 72.0 Å². The van der Waals surface area contributed by atoms with Gasteiger partial charge < -0.3 is 14.6 Å². The molecule has 2 aromatic carbocycles. The highest BCUT2D eigenvalue weighted by molar-refractivity contribution is 5.89. The van der Waals surface area contributed by atoms with Crippen molar-refractivity contribution in [2.45, 2.75) is 62.9 Å². The Balaban J connectivity index is 1.45. The number of nitrogens with zero attached hydrogens (tertiary/aromatic N) is 2. The number of aryl methyl sites for hydroxylation is 1. The molecule has 0 saturated carbocycles. The van der Waals surface area contributed by atoms with E-state index in [1.54, 1.807) is 19.1 Å². The van der Waals surface area contributed by atoms with Crippen molar-refractivity contribution in [3.63, 3.8) is 0 Å². The second-order valence-electron chi connectivity index (χ2n) is 12.5. The Morgan fingerprint density at radius 2 is 1.65 bits per heavy atom. The first-order chi connectivity index (χ1) is 23.8. The number of aromatic carboxylic acids is 1. The highest BCUT2D eigenvalue weighted by atomic mass is 19.4. The second kappa shape index (κ2) is 12.6. The molecular formula is C35H27F9N2O5. The second-order valence-corrected chi connectivity index (χ2v) is 12.5. The molecule has 6 rings (SSSR count). The Morgan fingerprint density at radius 1 is 0.941 bits per heavy atom. The third-order valence-electron chi connectivity index (χ3n) is 9.36. The summed E-state index contributed by atoms with van der Waals surface area (Å²) in [4.78, 5) is 30.2. The standard InChI is InChI=1S/C35H27F9N2O5/c1-16-9-17(31(47)48)3-5-23(16)19-12-26(30(50-2)45-15-19)24-6-4-20(33(36,37)38)14-25(24)27-7-8-28-29(51-32(49)46(27)28)18-10-21(34(39,40)41)13-22(11-18)35(42,43)44/h3-6,9-12,14-15,21,27-29H,7-8,13H2,1-2H3,(H,47,48)/t21?,27-,28-,29+/m0/s1. The number of halogens is 9. The van der Waals surface area contributed by atoms with Gasteiger partial charge >= 0.3 is 30.6 Å². The number of allylic oxidation sites excluding steroid dienone is 2. The van der Waals surface area contributed by atoms with Crippen LogP contribution < -0.4 is 4.74 Å². The molecule has 7 nitrogen and oxygen atoms in total. The molecule has 2 saturated heterocycles. The predicted octanol–water partition coefficient (Wildman–Crippen LogP) is 9.47. The molecular weight excluding hydrogens is 699 g/mol. The molecule has 1 aliphatic carbocycles. The molecule has 1 unspecified atom stereocenters. The van der Waals surface area contributed by atoms with Crippen LogP contribution in [-0.2, 0) is 10.9 Å². The SMILES string of the molecule is COc1ncc(-c2ccc(C(=O)O)cc2C)cc1-c1ccc(C(F)(F)F)cc1[C@@H]1CC[C@H]2[C@@H](C3=CC(C(F)(F)F)CC(C(F)(F)F)=C3)OC(=O)N12. The van der Waals surface area contributed by atoms with Crippen LogP contribution in [0, 0.1) is 12.8 Å². The number of cyclic esters (lactones) is 1. The largest absolute Gasteiger partial charge is 0.481 e. The maximum Gasteiger partial charge on any atom is 0.416 e. The number of benzene rings is 2. The normalized spacial score (nSPS) is 22.3. The number of methoxy groups -OCH3 is 1. The minimum absolute atomic E-state index is 0.00158. The van der Waals surface area contributed by atoms with E-state index >= 15 is 0 Å². The number of pyridine rings is 1. The molecule has 16 heteroatoms. The fourth-order valence-electron chi connectivity index (χ4n) is 7.00. The lowest BCUT2D eigenvalue weighted by molar-refractivity contribution is -0.166. The van der Waals surface area contributed by atoms with Gasteiger partial charge in [-0.05, 0) is 90.4 Å². The molecule has 270 valence electrons. The number of fused-ring (bicyclic) bond motifs is 1. The molecule has 1 aromatic heterocycles. The first kappa shape index (κ1) is 35.8. The zero-order chi connectivity index (χ0) is 37.2. The Labute approximate surface area is 284 Å². The average molecular weight is 727 g/mol. The highest BCUT2D eigenvalue weighted by Crippen LogP contribution is 2.50. The van der Waals surface area contributed by atoms with Gasteiger partial charge in [-0.2, -0.15) is 39.5 Å². The van der Waals surface area contributed by atoms with E-state index in [0.717, 1.165) is 17.0 Å². The monoisotopic (exact) mass is 726 g/mol. The van der Waals surface area contributed by atoms with Crippen molar-refractivity contribution in [1.82, 2.24) is 9.88 Å². The van der Waals surface area contributed by atoms with Gasteiger partial charge in [-0.25, -0.2) is 14.6 Å². The van der Waals surface area contributed by atoms with Crippen molar-refractivity contribution in [1.29, 1.82) is 0 Å². The Morgan fingerprint density at radius 3 is 2.25 bits per heavy atom. The van der Waals surface area contributed by atoms with E-state index < -0.39 is 77.8 Å². The molecule has 0 bridgehead atoms. The summed E-state index contributed by atoms with van der Waals surface area (Å²) < 4.78 is 135. The fourth-order valence-corrected chi connectivity index (χ4v) is 7.00. The maximum atomic E-state index is 14.1. The predicted molar refractivity (Wildman–Crippen MR) is 163 cm³/mol. The number of hydrogen-bond donors (Lipinski definition) is 1. The van der Waals surface area contributed by atoms with Gasteiger partial charge in [-0.1, -0.05) is 18.2 Å². The van der Waals surface area contributed by atoms with Crippen LogP contribution in [0.25, 0.3) is 22.3 Å². The molecule has 2 aliphatic heterocycles. The molecule has 3 aromatic rings. The van der Waals surface area contributed by atoms with E-state index in [-0.39, 0.29) is 41.0 Å². The number of rotatable bonds is 6. The van der Waals surface area contributed by atoms with Crippen LogP contribution in [-0.4, -0.2) is 58.7 Å². The molecule has 0 radical (unpaired) electrons. The lowest BCUT2D eigenvalue weighted by Gasteiger charge is -2.28. The molecule has 51 heavy (non-hydrogen) atoms. The summed E-state index contributed by atoms with van der Waals surface area (Å²) in [6, 6.07) is 6.53. The number of ether oxygens (including phenoxy) is 2. The van der Waals surface area contributed by atoms with Gasteiger partial charge in [0.05, 0.1) is 36.2 Å². The topological polar surface area (TPSA) is 89.0 Å². The number of aromatic nitrogens is 1. The third-order valence-corrected chi connectivity index (χ3v) is 9.36. The molecule has 3 aliphatic rings. The van der Waals surface area contributed by atoms with Crippen LogP contribution in [0.4, 0.5) is 44.3 Å². The fraction of sp³-hybridized carbons (Fsp3) is 0.343. The quantitative estimate of drug-likeness (QED) is 0.255. The lowest BCUT2D eigenvalue weighted by Crippen LogP contribution is -2.35. The van der Waals surface area contributed by atoms with Gasteiger partial charge in [0, 0.05) is 22.9 Å². The molecule has 1 N–H and O–H groups in total. The highest BCUT2D eigenvalue weighted by Gasteiger charge is 2.53. The minimum Gasteiger partial charge on any atom is -0.481 e. The molecule has 1 amide bonds. The summed E-state index contributed by atoms with van der Waals surface area (Å²) in [5, 5.41) is 9.37. The molecule has 4 atom stereocenters. The maximum absolute atomic E-state index is 14.1. The summed E-state index contributed by atoms with van der Waals surface area (Å²) in [5.41, 5.74) is -1.10. The van der Waals surface area contributed by atoms with Crippen molar-refractivity contribution < 1.29 is 63.7 Å². The number of carboxylic acid groups (broad SMARTS) is 1. The van der Waals surface area contributed by atoms with E-state index in [1.807, 2.05) is 0 Å². The van der Waals surface area contributed by atoms with Gasteiger partial charge in [-0.15, -0.1) is 0 Å². The van der Waals surface area contributed by atoms with Gasteiger partial charge in [0.1, 0.15) is 6.10 Å². The van der Waals surface area contributed by atoms with E-state index in [9.17, 15) is 54.2 Å². The van der Waals surface area contributed by atoms with Crippen molar-refractivity contribution in [2.24, 2.45) is 5.92 Å². The van der Waals surface area contributed by atoms with Gasteiger partial charge in [0.2, 0.25) is 5.88 Å². The summed E-state index contributed by atoms with van der Waals surface area (Å²) in [6.07, 6.45) is -16.4. The number of carboxylic acids is 1. The first-order valence-electron chi connectivity index (χ1n) is 15.4. The van der Waals surface area contributed by atoms with E-state index in [4.69, 9.17) is 9.47 Å². The third kappa shape index (κ3) is 6.75. The Hall–Kier alpha value is -5.02. The Kier molecular flexibility index (Phi) is 8.87. The van der Waals surface area contributed by atoms with E-state index in [0.29, 0.717) is 28.8 Å². The zero-order valence-electron chi connectivity index (χ0n) is 26.6. The Bertz CT molecular complexity index is 1970. The van der Waals surface area contributed by atoms with Crippen molar-refractivity contribution in [2.75, 3.05) is 7.11 Å². The lowest BCUT2D eigenvalue weighted by atomic mass is 9.85. The molecule has 2 fully saturated rings. The first-order valence-corrected chi connectivity index (χ1v) is 15.4. The van der Waals surface area contributed by atoms with Crippen molar-refractivity contribution in [3.05, 3.63) is 94.2 Å². The average Bonchev–Trinajstić information content (AvgIpc) is 3.63. The van der Waals surface area contributed by atoms with Crippen LogP contribution in [0.3, 0.4) is 0 Å². The summed E-state index contributed by atoms with van der Waals surface area (Å²) in [7, 11) is 1.28. The number of alkyl halides is 9. The molecule has 3 heterocycles. The summed E-state index contributed by atoms with van der Waals surface area (Å²) in [5.74, 6) is -3.65. The summed E-state index contributed by atoms with van der Waals surface area (Å²) in [6.45, 7) is 1.66. The van der Waals surface area contributed by atoms with Gasteiger partial charge in [0.25, 0.3) is 0 Å². The zero-order valence-corrected chi connectivity index (χ0v) is 26.6. The summed E-state index contributed by atoms with van der Waals surface area (Å²) >= 11 is 0. The van der Waals surface area contributed by atoms with Crippen molar-refractivity contribution in [3.8, 4) is 28.1 Å². The van der Waals surface area contributed by atoms with Crippen LogP contribution in [0.2, 0.25) is 0 Å². The van der Waals surface area contributed by atoms with Crippen LogP contribution >= 0.6 is 0 Å². The number of hydrogen-bond acceptors (Lipinski definition) is 5. The number of carbonyl (C=O) groups is 2. The van der Waals surface area contributed by atoms with Crippen LogP contribution in [0.1, 0.15) is 52.4 Å². The molecule has 0 spiro atoms.